The fraction of sp³-hybridized carbons (Fsp3) is 0.259. The zero-order valence-electron chi connectivity index (χ0n) is 20.0. The number of nitrogens with zero attached hydrogens (tertiary/aromatic N) is 3. The van der Waals surface area contributed by atoms with Crippen molar-refractivity contribution < 1.29 is 8.82 Å². The maximum absolute atomic E-state index is 15.3. The lowest BCUT2D eigenvalue weighted by Crippen LogP contribution is -2.27. The molecule has 0 spiro atoms. The monoisotopic (exact) mass is 489 g/mol. The van der Waals surface area contributed by atoms with Crippen LogP contribution in [0.25, 0.3) is 37.7 Å². The lowest BCUT2D eigenvalue weighted by atomic mass is 9.81. The van der Waals surface area contributed by atoms with Crippen molar-refractivity contribution >= 4 is 36.2 Å². The molecule has 1 atom stereocenters. The first-order valence-corrected chi connectivity index (χ1v) is 15.1. The standard InChI is InChI=1S/C27H28FN3OSSi/c1-27(2,3)25(32-34(4)5)24-18(9-8-10-19(24)28)17-13-14-23-29-21(16-31(23)15-17)26-30-20-11-6-7-12-22(20)33-26/h6-16,25,34H,1-5H3. The summed E-state index contributed by atoms with van der Waals surface area (Å²) in [4.78, 5) is 9.53. The molecule has 0 bridgehead atoms. The van der Waals surface area contributed by atoms with Gasteiger partial charge in [-0.05, 0) is 60.0 Å². The molecule has 1 unspecified atom stereocenters. The molecule has 5 rings (SSSR count). The van der Waals surface area contributed by atoms with E-state index >= 15 is 4.39 Å². The second-order valence-corrected chi connectivity index (χ2v) is 13.3. The van der Waals surface area contributed by atoms with E-state index in [4.69, 9.17) is 14.4 Å². The lowest BCUT2D eigenvalue weighted by molar-refractivity contribution is 0.0837. The van der Waals surface area contributed by atoms with Crippen LogP contribution in [0.15, 0.2) is 67.0 Å². The number of halogens is 1. The maximum Gasteiger partial charge on any atom is 0.171 e. The van der Waals surface area contributed by atoms with Crippen LogP contribution in [0.3, 0.4) is 0 Å². The number of imidazole rings is 1. The van der Waals surface area contributed by atoms with Gasteiger partial charge in [-0.1, -0.05) is 45.0 Å². The Labute approximate surface area is 204 Å². The zero-order chi connectivity index (χ0) is 24.0. The minimum atomic E-state index is -1.41. The SMILES string of the molecule is C[SiH](C)OC(c1c(F)cccc1-c1ccc2nc(-c3nc4ccccc4s3)cn2c1)C(C)(C)C. The molecule has 2 aromatic carbocycles. The molecule has 0 saturated heterocycles. The topological polar surface area (TPSA) is 39.4 Å². The minimum absolute atomic E-state index is 0.229. The summed E-state index contributed by atoms with van der Waals surface area (Å²) in [6.07, 6.45) is 3.69. The third kappa shape index (κ3) is 4.31. The molecule has 0 aliphatic heterocycles. The maximum atomic E-state index is 15.3. The van der Waals surface area contributed by atoms with E-state index in [2.05, 4.69) is 39.9 Å². The number of benzene rings is 2. The molecule has 7 heteroatoms. The first kappa shape index (κ1) is 22.9. The molecule has 0 N–H and O–H groups in total. The van der Waals surface area contributed by atoms with Crippen LogP contribution in [0.4, 0.5) is 4.39 Å². The van der Waals surface area contributed by atoms with Gasteiger partial charge in [-0.2, -0.15) is 0 Å². The van der Waals surface area contributed by atoms with Gasteiger partial charge in [0.05, 0.1) is 16.3 Å². The first-order chi connectivity index (χ1) is 16.2. The van der Waals surface area contributed by atoms with E-state index in [-0.39, 0.29) is 17.3 Å². The summed E-state index contributed by atoms with van der Waals surface area (Å²) in [5, 5.41) is 0.890. The van der Waals surface area contributed by atoms with Crippen molar-refractivity contribution in [2.75, 3.05) is 0 Å². The second kappa shape index (κ2) is 8.72. The number of hydrogen-bond acceptors (Lipinski definition) is 4. The number of hydrogen-bond donors (Lipinski definition) is 0. The van der Waals surface area contributed by atoms with E-state index in [1.54, 1.807) is 17.4 Å². The van der Waals surface area contributed by atoms with Gasteiger partial charge in [-0.3, -0.25) is 0 Å². The molecule has 0 saturated carbocycles. The first-order valence-electron chi connectivity index (χ1n) is 11.5. The van der Waals surface area contributed by atoms with Gasteiger partial charge in [-0.15, -0.1) is 11.3 Å². The number of thiazole rings is 1. The number of rotatable bonds is 5. The van der Waals surface area contributed by atoms with Crippen molar-refractivity contribution in [1.29, 1.82) is 0 Å². The average molecular weight is 490 g/mol. The molecule has 174 valence electrons. The molecule has 0 aliphatic carbocycles. The highest BCUT2D eigenvalue weighted by Crippen LogP contribution is 2.42. The molecule has 0 fully saturated rings. The summed E-state index contributed by atoms with van der Waals surface area (Å²) in [6, 6.07) is 17.4. The minimum Gasteiger partial charge on any atom is -0.413 e. The van der Waals surface area contributed by atoms with Gasteiger partial charge in [0, 0.05) is 18.0 Å². The van der Waals surface area contributed by atoms with E-state index in [9.17, 15) is 0 Å². The third-order valence-electron chi connectivity index (χ3n) is 5.78. The highest BCUT2D eigenvalue weighted by molar-refractivity contribution is 7.21. The Morgan fingerprint density at radius 3 is 2.50 bits per heavy atom. The smallest absolute Gasteiger partial charge is 0.171 e. The van der Waals surface area contributed by atoms with Crippen LogP contribution < -0.4 is 0 Å². The van der Waals surface area contributed by atoms with Crippen LogP contribution in [0, 0.1) is 11.2 Å². The zero-order valence-corrected chi connectivity index (χ0v) is 22.0. The van der Waals surface area contributed by atoms with Crippen LogP contribution in [0.1, 0.15) is 32.4 Å². The predicted molar refractivity (Wildman–Crippen MR) is 141 cm³/mol. The number of para-hydroxylation sites is 1. The van der Waals surface area contributed by atoms with Crippen molar-refractivity contribution in [3.8, 4) is 21.8 Å². The fourth-order valence-electron chi connectivity index (χ4n) is 4.27. The van der Waals surface area contributed by atoms with Crippen LogP contribution >= 0.6 is 11.3 Å². The van der Waals surface area contributed by atoms with Crippen molar-refractivity contribution in [1.82, 2.24) is 14.4 Å². The Bertz CT molecular complexity index is 1450. The van der Waals surface area contributed by atoms with Crippen molar-refractivity contribution in [2.45, 2.75) is 40.0 Å². The van der Waals surface area contributed by atoms with Crippen molar-refractivity contribution in [3.63, 3.8) is 0 Å². The van der Waals surface area contributed by atoms with Gasteiger partial charge >= 0.3 is 0 Å². The Hall–Kier alpha value is -2.87. The van der Waals surface area contributed by atoms with Gasteiger partial charge in [-0.25, -0.2) is 14.4 Å². The molecule has 5 aromatic rings. The van der Waals surface area contributed by atoms with E-state index in [0.29, 0.717) is 5.56 Å². The quantitative estimate of drug-likeness (QED) is 0.240. The van der Waals surface area contributed by atoms with Gasteiger partial charge in [0.1, 0.15) is 22.2 Å². The Kier molecular flexibility index (Phi) is 5.87. The molecule has 3 heterocycles. The number of fused-ring (bicyclic) bond motifs is 2. The summed E-state index contributed by atoms with van der Waals surface area (Å²) in [7, 11) is -1.41. The Balaban J connectivity index is 1.60. The summed E-state index contributed by atoms with van der Waals surface area (Å²) in [5.41, 5.74) is 4.81. The van der Waals surface area contributed by atoms with Crippen molar-refractivity contribution in [3.05, 3.63) is 78.4 Å². The van der Waals surface area contributed by atoms with Crippen LogP contribution in [0.2, 0.25) is 13.1 Å². The average Bonchev–Trinajstić information content (AvgIpc) is 3.40. The molecule has 0 aliphatic rings. The van der Waals surface area contributed by atoms with E-state index in [1.807, 2.05) is 53.2 Å². The lowest BCUT2D eigenvalue weighted by Gasteiger charge is -2.34. The molecule has 0 amide bonds. The summed E-state index contributed by atoms with van der Waals surface area (Å²) in [5.74, 6) is -0.229. The molecular formula is C27H28FN3OSSi. The molecule has 34 heavy (non-hydrogen) atoms. The van der Waals surface area contributed by atoms with Gasteiger partial charge in [0.2, 0.25) is 0 Å². The van der Waals surface area contributed by atoms with Crippen LogP contribution in [-0.2, 0) is 4.43 Å². The second-order valence-electron chi connectivity index (χ2n) is 9.93. The largest absolute Gasteiger partial charge is 0.413 e. The third-order valence-corrected chi connectivity index (χ3v) is 7.66. The Morgan fingerprint density at radius 1 is 0.971 bits per heavy atom. The molecule has 3 aromatic heterocycles. The van der Waals surface area contributed by atoms with E-state index in [1.165, 1.54) is 6.07 Å². The highest BCUT2D eigenvalue weighted by atomic mass is 32.1. The normalized spacial score (nSPS) is 13.3. The Morgan fingerprint density at radius 2 is 1.76 bits per heavy atom. The van der Waals surface area contributed by atoms with Gasteiger partial charge in [0.15, 0.2) is 9.04 Å². The molecule has 0 radical (unpaired) electrons. The molecule has 4 nitrogen and oxygen atoms in total. The molecular weight excluding hydrogens is 461 g/mol. The summed E-state index contributed by atoms with van der Waals surface area (Å²) < 4.78 is 24.8. The number of pyridine rings is 1. The van der Waals surface area contributed by atoms with E-state index in [0.717, 1.165) is 37.7 Å². The van der Waals surface area contributed by atoms with Crippen molar-refractivity contribution in [2.24, 2.45) is 5.41 Å². The summed E-state index contributed by atoms with van der Waals surface area (Å²) >= 11 is 1.63. The predicted octanol–water partition coefficient (Wildman–Crippen LogP) is 7.50. The fourth-order valence-corrected chi connectivity index (χ4v) is 6.28. The van der Waals surface area contributed by atoms with Gasteiger partial charge < -0.3 is 8.83 Å². The van der Waals surface area contributed by atoms with Crippen LogP contribution in [0.5, 0.6) is 0 Å². The van der Waals surface area contributed by atoms with E-state index < -0.39 is 9.04 Å². The highest BCUT2D eigenvalue weighted by Gasteiger charge is 2.32. The van der Waals surface area contributed by atoms with Gasteiger partial charge in [0.25, 0.3) is 0 Å². The number of aromatic nitrogens is 3. The summed E-state index contributed by atoms with van der Waals surface area (Å²) in [6.45, 7) is 10.6. The van der Waals surface area contributed by atoms with Crippen LogP contribution in [-0.4, -0.2) is 23.4 Å².